The molecule has 0 N–H and O–H groups in total. The third kappa shape index (κ3) is 2.40. The van der Waals surface area contributed by atoms with Gasteiger partial charge in [0.1, 0.15) is 6.61 Å². The highest BCUT2D eigenvalue weighted by molar-refractivity contribution is 6.05. The van der Waals surface area contributed by atoms with Crippen molar-refractivity contribution in [3.63, 3.8) is 0 Å². The second-order valence-corrected chi connectivity index (χ2v) is 4.36. The number of aliphatic imine (C=N–C) groups is 1. The minimum absolute atomic E-state index is 0.242. The van der Waals surface area contributed by atoms with Crippen LogP contribution in [0.3, 0.4) is 0 Å². The largest absolute Gasteiger partial charge is 0.457 e. The highest BCUT2D eigenvalue weighted by Gasteiger charge is 2.27. The van der Waals surface area contributed by atoms with Gasteiger partial charge < -0.3 is 4.74 Å². The van der Waals surface area contributed by atoms with E-state index in [4.69, 9.17) is 4.74 Å². The van der Waals surface area contributed by atoms with Gasteiger partial charge in [-0.15, -0.1) is 0 Å². The van der Waals surface area contributed by atoms with E-state index in [1.807, 2.05) is 60.7 Å². The van der Waals surface area contributed by atoms with Crippen molar-refractivity contribution in [1.29, 1.82) is 0 Å². The van der Waals surface area contributed by atoms with Crippen molar-refractivity contribution in [2.24, 2.45) is 4.99 Å². The van der Waals surface area contributed by atoms with Crippen LogP contribution < -0.4 is 0 Å². The first-order valence-corrected chi connectivity index (χ1v) is 6.18. The van der Waals surface area contributed by atoms with E-state index in [1.165, 1.54) is 0 Å². The maximum atomic E-state index is 11.8. The summed E-state index contributed by atoms with van der Waals surface area (Å²) >= 11 is 0. The first kappa shape index (κ1) is 11.7. The molecule has 0 aliphatic carbocycles. The van der Waals surface area contributed by atoms with E-state index in [2.05, 4.69) is 4.99 Å². The molecule has 0 saturated heterocycles. The van der Waals surface area contributed by atoms with Gasteiger partial charge in [-0.25, -0.2) is 4.79 Å². The molecular formula is C16H13NO2. The highest BCUT2D eigenvalue weighted by Crippen LogP contribution is 2.23. The molecule has 2 aromatic carbocycles. The number of nitrogens with zero attached hydrogens (tertiary/aromatic N) is 1. The summed E-state index contributed by atoms with van der Waals surface area (Å²) in [6.07, 6.45) is 0. The molecule has 1 heterocycles. The molecule has 3 rings (SSSR count). The van der Waals surface area contributed by atoms with Gasteiger partial charge in [-0.05, 0) is 11.1 Å². The molecule has 1 aliphatic rings. The molecule has 0 bridgehead atoms. The Morgan fingerprint density at radius 3 is 2.26 bits per heavy atom. The lowest BCUT2D eigenvalue weighted by atomic mass is 10.0. The Morgan fingerprint density at radius 2 is 1.58 bits per heavy atom. The second-order valence-electron chi connectivity index (χ2n) is 4.36. The SMILES string of the molecule is O=C1OCC(c2ccccc2)=NC1c1ccccc1. The summed E-state index contributed by atoms with van der Waals surface area (Å²) in [4.78, 5) is 16.4. The third-order valence-electron chi connectivity index (χ3n) is 3.08. The Bertz CT molecular complexity index is 605. The molecule has 0 saturated carbocycles. The average Bonchev–Trinajstić information content (AvgIpc) is 2.49. The van der Waals surface area contributed by atoms with E-state index < -0.39 is 6.04 Å². The molecule has 0 radical (unpaired) electrons. The van der Waals surface area contributed by atoms with Gasteiger partial charge in [0.2, 0.25) is 0 Å². The van der Waals surface area contributed by atoms with Crippen molar-refractivity contribution in [3.8, 4) is 0 Å². The van der Waals surface area contributed by atoms with Gasteiger partial charge in [0.25, 0.3) is 0 Å². The average molecular weight is 251 g/mol. The van der Waals surface area contributed by atoms with Crippen molar-refractivity contribution >= 4 is 11.7 Å². The van der Waals surface area contributed by atoms with Crippen molar-refractivity contribution in [3.05, 3.63) is 71.8 Å². The first-order chi connectivity index (χ1) is 9.34. The molecule has 94 valence electrons. The summed E-state index contributed by atoms with van der Waals surface area (Å²) in [7, 11) is 0. The lowest BCUT2D eigenvalue weighted by Gasteiger charge is -2.20. The van der Waals surface area contributed by atoms with Crippen LogP contribution in [0.4, 0.5) is 0 Å². The zero-order valence-electron chi connectivity index (χ0n) is 10.3. The monoisotopic (exact) mass is 251 g/mol. The van der Waals surface area contributed by atoms with E-state index in [1.54, 1.807) is 0 Å². The Morgan fingerprint density at radius 1 is 0.947 bits per heavy atom. The molecule has 0 amide bonds. The number of carbonyl (C=O) groups excluding carboxylic acids is 1. The van der Waals surface area contributed by atoms with Gasteiger partial charge in [-0.3, -0.25) is 4.99 Å². The molecule has 1 aliphatic heterocycles. The van der Waals surface area contributed by atoms with Crippen LogP contribution in [0.25, 0.3) is 0 Å². The van der Waals surface area contributed by atoms with Gasteiger partial charge in [0.05, 0.1) is 5.71 Å². The van der Waals surface area contributed by atoms with Crippen molar-refractivity contribution in [2.75, 3.05) is 6.61 Å². The topological polar surface area (TPSA) is 38.7 Å². The maximum Gasteiger partial charge on any atom is 0.335 e. The summed E-state index contributed by atoms with van der Waals surface area (Å²) in [5, 5.41) is 0. The molecule has 3 heteroatoms. The minimum atomic E-state index is -0.551. The molecule has 3 nitrogen and oxygen atoms in total. The fourth-order valence-corrected chi connectivity index (χ4v) is 2.10. The summed E-state index contributed by atoms with van der Waals surface area (Å²) in [5.41, 5.74) is 2.67. The van der Waals surface area contributed by atoms with E-state index >= 15 is 0 Å². The summed E-state index contributed by atoms with van der Waals surface area (Å²) in [6.45, 7) is 0.242. The fourth-order valence-electron chi connectivity index (χ4n) is 2.10. The number of benzene rings is 2. The standard InChI is InChI=1S/C16H13NO2/c18-16-15(13-9-5-2-6-10-13)17-14(11-19-16)12-7-3-1-4-8-12/h1-10,15H,11H2. The Balaban J connectivity index is 1.98. The third-order valence-corrected chi connectivity index (χ3v) is 3.08. The van der Waals surface area contributed by atoms with Crippen LogP contribution in [-0.2, 0) is 9.53 Å². The van der Waals surface area contributed by atoms with Gasteiger partial charge >= 0.3 is 5.97 Å². The maximum absolute atomic E-state index is 11.8. The normalized spacial score (nSPS) is 18.6. The van der Waals surface area contributed by atoms with Crippen molar-refractivity contribution in [2.45, 2.75) is 6.04 Å². The number of ether oxygens (including phenoxy) is 1. The van der Waals surface area contributed by atoms with Crippen molar-refractivity contribution in [1.82, 2.24) is 0 Å². The molecular weight excluding hydrogens is 238 g/mol. The number of hydrogen-bond donors (Lipinski definition) is 0. The van der Waals surface area contributed by atoms with E-state index in [0.717, 1.165) is 16.8 Å². The zero-order chi connectivity index (χ0) is 13.1. The van der Waals surface area contributed by atoms with Gasteiger partial charge in [0, 0.05) is 0 Å². The smallest absolute Gasteiger partial charge is 0.335 e. The summed E-state index contributed by atoms with van der Waals surface area (Å²) < 4.78 is 5.24. The number of cyclic esters (lactones) is 1. The summed E-state index contributed by atoms with van der Waals surface area (Å²) in [5.74, 6) is -0.286. The molecule has 1 unspecified atom stereocenters. The van der Waals surface area contributed by atoms with Crippen LogP contribution in [-0.4, -0.2) is 18.3 Å². The van der Waals surface area contributed by atoms with Crippen LogP contribution in [0.2, 0.25) is 0 Å². The Labute approximate surface area is 111 Å². The molecule has 0 fully saturated rings. The van der Waals surface area contributed by atoms with Gasteiger partial charge in [-0.2, -0.15) is 0 Å². The zero-order valence-corrected chi connectivity index (χ0v) is 10.3. The van der Waals surface area contributed by atoms with Crippen LogP contribution in [0, 0.1) is 0 Å². The highest BCUT2D eigenvalue weighted by atomic mass is 16.5. The van der Waals surface area contributed by atoms with E-state index in [9.17, 15) is 4.79 Å². The Kier molecular flexibility index (Phi) is 3.11. The lowest BCUT2D eigenvalue weighted by molar-refractivity contribution is -0.144. The number of esters is 1. The second kappa shape index (κ2) is 5.06. The first-order valence-electron chi connectivity index (χ1n) is 6.18. The lowest BCUT2D eigenvalue weighted by Crippen LogP contribution is -2.26. The van der Waals surface area contributed by atoms with Crippen molar-refractivity contribution < 1.29 is 9.53 Å². The fraction of sp³-hybridized carbons (Fsp3) is 0.125. The number of carbonyl (C=O) groups is 1. The Hall–Kier alpha value is -2.42. The quantitative estimate of drug-likeness (QED) is 0.770. The van der Waals surface area contributed by atoms with Crippen LogP contribution >= 0.6 is 0 Å². The predicted molar refractivity (Wildman–Crippen MR) is 73.1 cm³/mol. The van der Waals surface area contributed by atoms with E-state index in [0.29, 0.717) is 0 Å². The van der Waals surface area contributed by atoms with Crippen LogP contribution in [0.5, 0.6) is 0 Å². The molecule has 1 atom stereocenters. The molecule has 2 aromatic rings. The number of hydrogen-bond acceptors (Lipinski definition) is 3. The van der Waals surface area contributed by atoms with Crippen LogP contribution in [0.1, 0.15) is 17.2 Å². The summed E-state index contributed by atoms with van der Waals surface area (Å²) in [6, 6.07) is 18.7. The molecule has 19 heavy (non-hydrogen) atoms. The van der Waals surface area contributed by atoms with Crippen LogP contribution in [0.15, 0.2) is 65.7 Å². The van der Waals surface area contributed by atoms with E-state index in [-0.39, 0.29) is 12.6 Å². The molecule has 0 aromatic heterocycles. The van der Waals surface area contributed by atoms with Gasteiger partial charge in [0.15, 0.2) is 6.04 Å². The number of rotatable bonds is 2. The molecule has 0 spiro atoms. The van der Waals surface area contributed by atoms with Gasteiger partial charge in [-0.1, -0.05) is 60.7 Å². The minimum Gasteiger partial charge on any atom is -0.457 e. The predicted octanol–water partition coefficient (Wildman–Crippen LogP) is 2.77.